The molecule has 0 aliphatic rings. The summed E-state index contributed by atoms with van der Waals surface area (Å²) in [6, 6.07) is 5.89. The van der Waals surface area contributed by atoms with Crippen molar-refractivity contribution < 1.29 is 9.50 Å². The molecule has 0 aliphatic carbocycles. The van der Waals surface area contributed by atoms with Gasteiger partial charge in [-0.15, -0.1) is 6.58 Å². The van der Waals surface area contributed by atoms with E-state index in [1.165, 1.54) is 12.1 Å². The Hall–Kier alpha value is -1.19. The lowest BCUT2D eigenvalue weighted by Crippen LogP contribution is -2.39. The highest BCUT2D eigenvalue weighted by Gasteiger charge is 2.23. The number of rotatable bonds is 6. The number of aliphatic hydroxyl groups excluding tert-OH is 1. The summed E-state index contributed by atoms with van der Waals surface area (Å²) in [5.74, 6) is -0.0175. The largest absolute Gasteiger partial charge is 0.387 e. The van der Waals surface area contributed by atoms with E-state index in [9.17, 15) is 9.50 Å². The lowest BCUT2D eigenvalue weighted by Gasteiger charge is -2.27. The molecule has 0 heterocycles. The summed E-state index contributed by atoms with van der Waals surface area (Å²) >= 11 is 0. The van der Waals surface area contributed by atoms with E-state index in [0.29, 0.717) is 6.54 Å². The van der Waals surface area contributed by atoms with Crippen LogP contribution in [0.15, 0.2) is 36.9 Å². The van der Waals surface area contributed by atoms with Crippen LogP contribution in [0.2, 0.25) is 0 Å². The van der Waals surface area contributed by atoms with Crippen molar-refractivity contribution >= 4 is 0 Å². The molecule has 0 saturated carbocycles. The normalized spacial score (nSPS) is 14.6. The molecule has 3 heteroatoms. The summed E-state index contributed by atoms with van der Waals surface area (Å²) in [6.07, 6.45) is 1.11. The Bertz CT molecular complexity index is 348. The average Bonchev–Trinajstić information content (AvgIpc) is 2.29. The van der Waals surface area contributed by atoms with E-state index in [1.807, 2.05) is 13.8 Å². The van der Waals surface area contributed by atoms with Gasteiger partial charge in [-0.3, -0.25) is 0 Å². The van der Waals surface area contributed by atoms with Gasteiger partial charge in [-0.1, -0.05) is 32.1 Å². The highest BCUT2D eigenvalue weighted by molar-refractivity contribution is 5.20. The Labute approximate surface area is 102 Å². The fourth-order valence-electron chi connectivity index (χ4n) is 1.80. The molecule has 0 fully saturated rings. The summed E-state index contributed by atoms with van der Waals surface area (Å²) in [7, 11) is 0. The van der Waals surface area contributed by atoms with Crippen molar-refractivity contribution in [1.82, 2.24) is 5.32 Å². The Balaban J connectivity index is 2.79. The molecule has 2 atom stereocenters. The fourth-order valence-corrected chi connectivity index (χ4v) is 1.80. The monoisotopic (exact) mass is 237 g/mol. The number of benzene rings is 1. The minimum Gasteiger partial charge on any atom is -0.387 e. The molecule has 0 aromatic heterocycles. The average molecular weight is 237 g/mol. The van der Waals surface area contributed by atoms with Crippen LogP contribution >= 0.6 is 0 Å². The molecule has 1 aromatic carbocycles. The van der Waals surface area contributed by atoms with E-state index in [-0.39, 0.29) is 17.8 Å². The first-order valence-corrected chi connectivity index (χ1v) is 5.84. The van der Waals surface area contributed by atoms with Crippen molar-refractivity contribution in [3.63, 3.8) is 0 Å². The first kappa shape index (κ1) is 13.9. The van der Waals surface area contributed by atoms with E-state index in [1.54, 1.807) is 18.2 Å². The molecule has 0 bridgehead atoms. The Morgan fingerprint density at radius 3 is 2.41 bits per heavy atom. The van der Waals surface area contributed by atoms with Crippen molar-refractivity contribution in [2.45, 2.75) is 26.0 Å². The van der Waals surface area contributed by atoms with Crippen molar-refractivity contribution in [3.05, 3.63) is 48.3 Å². The van der Waals surface area contributed by atoms with Gasteiger partial charge in [0.05, 0.1) is 6.10 Å². The van der Waals surface area contributed by atoms with Gasteiger partial charge in [0.25, 0.3) is 0 Å². The molecule has 94 valence electrons. The molecule has 0 saturated heterocycles. The standard InChI is InChI=1S/C14H20FNO/c1-4-9-16-13(10(2)3)14(17)11-5-7-12(15)8-6-11/h4-8,10,13-14,16-17H,1,9H2,2-3H3. The third kappa shape index (κ3) is 3.95. The zero-order valence-corrected chi connectivity index (χ0v) is 10.4. The molecule has 17 heavy (non-hydrogen) atoms. The van der Waals surface area contributed by atoms with Gasteiger partial charge < -0.3 is 10.4 Å². The quantitative estimate of drug-likeness (QED) is 0.745. The second kappa shape index (κ2) is 6.52. The Kier molecular flexibility index (Phi) is 5.32. The van der Waals surface area contributed by atoms with Crippen LogP contribution in [-0.4, -0.2) is 17.7 Å². The maximum Gasteiger partial charge on any atom is 0.123 e. The summed E-state index contributed by atoms with van der Waals surface area (Å²) in [4.78, 5) is 0. The van der Waals surface area contributed by atoms with Crippen LogP contribution in [0.25, 0.3) is 0 Å². The lowest BCUT2D eigenvalue weighted by atomic mass is 9.93. The van der Waals surface area contributed by atoms with E-state index >= 15 is 0 Å². The third-order valence-electron chi connectivity index (χ3n) is 2.77. The molecule has 2 unspecified atom stereocenters. The molecular weight excluding hydrogens is 217 g/mol. The van der Waals surface area contributed by atoms with E-state index in [4.69, 9.17) is 0 Å². The van der Waals surface area contributed by atoms with Crippen LogP contribution in [0, 0.1) is 11.7 Å². The van der Waals surface area contributed by atoms with E-state index < -0.39 is 6.10 Å². The van der Waals surface area contributed by atoms with Crippen molar-refractivity contribution in [2.24, 2.45) is 5.92 Å². The third-order valence-corrected chi connectivity index (χ3v) is 2.77. The van der Waals surface area contributed by atoms with Gasteiger partial charge in [0.15, 0.2) is 0 Å². The van der Waals surface area contributed by atoms with Crippen molar-refractivity contribution in [3.8, 4) is 0 Å². The second-order valence-corrected chi connectivity index (χ2v) is 4.46. The minimum atomic E-state index is -0.643. The van der Waals surface area contributed by atoms with Gasteiger partial charge in [-0.25, -0.2) is 4.39 Å². The molecule has 0 spiro atoms. The number of nitrogens with one attached hydrogen (secondary N) is 1. The van der Waals surface area contributed by atoms with Crippen LogP contribution in [0.5, 0.6) is 0 Å². The van der Waals surface area contributed by atoms with Gasteiger partial charge in [-0.05, 0) is 23.6 Å². The van der Waals surface area contributed by atoms with Crippen LogP contribution in [0.3, 0.4) is 0 Å². The first-order valence-electron chi connectivity index (χ1n) is 5.84. The van der Waals surface area contributed by atoms with Gasteiger partial charge in [0.1, 0.15) is 5.82 Å². The minimum absolute atomic E-state index is 0.0709. The zero-order valence-electron chi connectivity index (χ0n) is 10.4. The smallest absolute Gasteiger partial charge is 0.123 e. The molecule has 1 rings (SSSR count). The van der Waals surface area contributed by atoms with Crippen LogP contribution in [0.4, 0.5) is 4.39 Å². The van der Waals surface area contributed by atoms with Gasteiger partial charge in [0, 0.05) is 12.6 Å². The Morgan fingerprint density at radius 1 is 1.35 bits per heavy atom. The highest BCUT2D eigenvalue weighted by Crippen LogP contribution is 2.22. The fraction of sp³-hybridized carbons (Fsp3) is 0.429. The molecule has 2 N–H and O–H groups in total. The number of hydrogen-bond donors (Lipinski definition) is 2. The number of aliphatic hydroxyl groups is 1. The van der Waals surface area contributed by atoms with Gasteiger partial charge in [-0.2, -0.15) is 0 Å². The van der Waals surface area contributed by atoms with Crippen molar-refractivity contribution in [1.29, 1.82) is 0 Å². The molecular formula is C14H20FNO. The number of halogens is 1. The van der Waals surface area contributed by atoms with Crippen molar-refractivity contribution in [2.75, 3.05) is 6.54 Å². The van der Waals surface area contributed by atoms with E-state index in [2.05, 4.69) is 11.9 Å². The first-order chi connectivity index (χ1) is 8.06. The van der Waals surface area contributed by atoms with Crippen LogP contribution in [-0.2, 0) is 0 Å². The molecule has 0 amide bonds. The maximum absolute atomic E-state index is 12.8. The Morgan fingerprint density at radius 2 is 1.94 bits per heavy atom. The molecule has 1 aromatic rings. The predicted octanol–water partition coefficient (Wildman–Crippen LogP) is 2.66. The zero-order chi connectivity index (χ0) is 12.8. The molecule has 2 nitrogen and oxygen atoms in total. The SMILES string of the molecule is C=CCNC(C(C)C)C(O)c1ccc(F)cc1. The summed E-state index contributed by atoms with van der Waals surface area (Å²) in [5.41, 5.74) is 0.724. The summed E-state index contributed by atoms with van der Waals surface area (Å²) in [5, 5.41) is 13.5. The van der Waals surface area contributed by atoms with Crippen LogP contribution < -0.4 is 5.32 Å². The highest BCUT2D eigenvalue weighted by atomic mass is 19.1. The topological polar surface area (TPSA) is 32.3 Å². The van der Waals surface area contributed by atoms with Crippen LogP contribution in [0.1, 0.15) is 25.5 Å². The molecule has 0 radical (unpaired) electrons. The predicted molar refractivity (Wildman–Crippen MR) is 68.2 cm³/mol. The van der Waals surface area contributed by atoms with Gasteiger partial charge >= 0.3 is 0 Å². The maximum atomic E-state index is 12.8. The summed E-state index contributed by atoms with van der Waals surface area (Å²) in [6.45, 7) is 8.35. The molecule has 0 aliphatic heterocycles. The lowest BCUT2D eigenvalue weighted by molar-refractivity contribution is 0.107. The summed E-state index contributed by atoms with van der Waals surface area (Å²) < 4.78 is 12.8. The van der Waals surface area contributed by atoms with E-state index in [0.717, 1.165) is 5.56 Å². The number of hydrogen-bond acceptors (Lipinski definition) is 2. The van der Waals surface area contributed by atoms with Gasteiger partial charge in [0.2, 0.25) is 0 Å². The second-order valence-electron chi connectivity index (χ2n) is 4.46.